The molecule has 0 aromatic carbocycles. The number of likely N-dealkylation sites (tertiary alicyclic amines) is 1. The molecule has 1 saturated heterocycles. The number of rotatable bonds is 7. The summed E-state index contributed by atoms with van der Waals surface area (Å²) in [6, 6.07) is 0. The molecule has 1 amide bonds. The fraction of sp³-hybridized carbons (Fsp3) is 0.897. The number of fused-ring (bicyclic) bond motifs is 5. The van der Waals surface area contributed by atoms with Crippen LogP contribution < -0.4 is 0 Å². The molecule has 1 heterocycles. The summed E-state index contributed by atoms with van der Waals surface area (Å²) >= 11 is 0. The number of carbonyl (C=O) groups is 1. The van der Waals surface area contributed by atoms with Crippen LogP contribution in [-0.4, -0.2) is 17.9 Å². The van der Waals surface area contributed by atoms with Gasteiger partial charge < -0.3 is 4.90 Å². The minimum atomic E-state index is 0.228. The Balaban J connectivity index is 1.45. The van der Waals surface area contributed by atoms with E-state index in [-0.39, 0.29) is 5.41 Å². The van der Waals surface area contributed by atoms with Gasteiger partial charge in [0.25, 0.3) is 0 Å². The van der Waals surface area contributed by atoms with Crippen LogP contribution in [0.15, 0.2) is 11.8 Å². The lowest BCUT2D eigenvalue weighted by Crippen LogP contribution is -2.53. The van der Waals surface area contributed by atoms with Crippen molar-refractivity contribution in [3.8, 4) is 0 Å². The molecule has 31 heavy (non-hydrogen) atoms. The van der Waals surface area contributed by atoms with Crippen molar-refractivity contribution in [2.24, 2.45) is 46.3 Å². The molecule has 1 unspecified atom stereocenters. The number of amides is 1. The Morgan fingerprint density at radius 3 is 2.58 bits per heavy atom. The van der Waals surface area contributed by atoms with E-state index in [4.69, 9.17) is 0 Å². The maximum atomic E-state index is 12.4. The molecule has 0 spiro atoms. The van der Waals surface area contributed by atoms with E-state index in [1.165, 1.54) is 69.9 Å². The molecular weight excluding hydrogens is 378 g/mol. The highest BCUT2D eigenvalue weighted by Crippen LogP contribution is 2.67. The number of piperidine rings is 1. The minimum absolute atomic E-state index is 0.228. The van der Waals surface area contributed by atoms with E-state index >= 15 is 0 Å². The highest BCUT2D eigenvalue weighted by atomic mass is 16.2. The fourth-order valence-corrected chi connectivity index (χ4v) is 9.18. The Morgan fingerprint density at radius 2 is 1.84 bits per heavy atom. The molecule has 4 rings (SSSR count). The Bertz CT molecular complexity index is 697. The Hall–Kier alpha value is -0.790. The zero-order chi connectivity index (χ0) is 22.4. The van der Waals surface area contributed by atoms with Crippen molar-refractivity contribution in [1.29, 1.82) is 0 Å². The third-order valence-electron chi connectivity index (χ3n) is 10.9. The van der Waals surface area contributed by atoms with Crippen molar-refractivity contribution in [1.82, 2.24) is 4.90 Å². The number of hydrogen-bond acceptors (Lipinski definition) is 1. The predicted molar refractivity (Wildman–Crippen MR) is 130 cm³/mol. The quantitative estimate of drug-likeness (QED) is 0.405. The van der Waals surface area contributed by atoms with Crippen LogP contribution in [0.2, 0.25) is 0 Å². The second-order valence-corrected chi connectivity index (χ2v) is 12.6. The van der Waals surface area contributed by atoms with Gasteiger partial charge in [0.15, 0.2) is 0 Å². The average Bonchev–Trinajstić information content (AvgIpc) is 3.08. The van der Waals surface area contributed by atoms with E-state index in [1.807, 2.05) is 11.9 Å². The third-order valence-corrected chi connectivity index (χ3v) is 10.9. The van der Waals surface area contributed by atoms with E-state index in [0.29, 0.717) is 11.3 Å². The molecule has 2 saturated carbocycles. The number of nitrogens with zero attached hydrogens (tertiary/aromatic N) is 1. The van der Waals surface area contributed by atoms with Gasteiger partial charge in [0.1, 0.15) is 0 Å². The molecule has 1 aliphatic heterocycles. The molecular formula is C29H49NO. The normalized spacial score (nSPS) is 41.8. The Morgan fingerprint density at radius 1 is 1.06 bits per heavy atom. The molecule has 0 aromatic heterocycles. The van der Waals surface area contributed by atoms with Gasteiger partial charge in [-0.05, 0) is 79.4 Å². The average molecular weight is 428 g/mol. The summed E-state index contributed by atoms with van der Waals surface area (Å²) in [6.45, 7) is 12.5. The van der Waals surface area contributed by atoms with Crippen molar-refractivity contribution < 1.29 is 4.79 Å². The first-order valence-electron chi connectivity index (χ1n) is 13.7. The van der Waals surface area contributed by atoms with Gasteiger partial charge in [-0.15, -0.1) is 0 Å². The molecule has 8 atom stereocenters. The molecule has 3 aliphatic carbocycles. The van der Waals surface area contributed by atoms with Gasteiger partial charge >= 0.3 is 0 Å². The summed E-state index contributed by atoms with van der Waals surface area (Å²) in [4.78, 5) is 14.4. The van der Waals surface area contributed by atoms with Crippen molar-refractivity contribution >= 4 is 5.91 Å². The zero-order valence-corrected chi connectivity index (χ0v) is 21.4. The maximum absolute atomic E-state index is 12.4. The first kappa shape index (κ1) is 23.4. The second kappa shape index (κ2) is 8.86. The molecule has 0 radical (unpaired) electrons. The van der Waals surface area contributed by atoms with Crippen LogP contribution in [0, 0.1) is 46.3 Å². The highest BCUT2D eigenvalue weighted by molar-refractivity contribution is 5.79. The number of allylic oxidation sites excluding steroid dienone is 2. The largest absolute Gasteiger partial charge is 0.319 e. The summed E-state index contributed by atoms with van der Waals surface area (Å²) in [5, 5.41) is 0. The molecule has 2 heteroatoms. The lowest BCUT2D eigenvalue weighted by molar-refractivity contribution is -0.136. The molecule has 3 fully saturated rings. The van der Waals surface area contributed by atoms with Gasteiger partial charge in [0, 0.05) is 24.6 Å². The summed E-state index contributed by atoms with van der Waals surface area (Å²) in [5.74, 6) is 5.56. The van der Waals surface area contributed by atoms with Gasteiger partial charge in [-0.25, -0.2) is 0 Å². The van der Waals surface area contributed by atoms with Gasteiger partial charge in [-0.2, -0.15) is 0 Å². The topological polar surface area (TPSA) is 20.3 Å². The van der Waals surface area contributed by atoms with Crippen LogP contribution in [0.1, 0.15) is 112 Å². The van der Waals surface area contributed by atoms with E-state index < -0.39 is 0 Å². The lowest BCUT2D eigenvalue weighted by atomic mass is 9.48. The summed E-state index contributed by atoms with van der Waals surface area (Å²) in [5.41, 5.74) is 2.14. The Labute approximate surface area is 192 Å². The van der Waals surface area contributed by atoms with Gasteiger partial charge in [-0.3, -0.25) is 4.79 Å². The van der Waals surface area contributed by atoms with Crippen molar-refractivity contribution in [3.05, 3.63) is 11.8 Å². The summed E-state index contributed by atoms with van der Waals surface area (Å²) in [6.07, 6.45) is 18.2. The smallest absolute Gasteiger partial charge is 0.226 e. The summed E-state index contributed by atoms with van der Waals surface area (Å²) < 4.78 is 0. The van der Waals surface area contributed by atoms with E-state index in [9.17, 15) is 4.79 Å². The monoisotopic (exact) mass is 427 g/mol. The van der Waals surface area contributed by atoms with Gasteiger partial charge in [0.2, 0.25) is 5.91 Å². The first-order chi connectivity index (χ1) is 14.7. The fourth-order valence-electron chi connectivity index (χ4n) is 9.18. The second-order valence-electron chi connectivity index (χ2n) is 12.6. The predicted octanol–water partition coefficient (Wildman–Crippen LogP) is 7.83. The molecule has 0 bridgehead atoms. The molecule has 2 nitrogen and oxygen atoms in total. The van der Waals surface area contributed by atoms with E-state index in [2.05, 4.69) is 40.7 Å². The SMILES string of the molecule is CCCC(C)CCC[C@@H](C)[C@H]1CC[C@H]2[C@@H]3CC=C4N(C)C(=O)CC[C@]4(C)[C@H]3CC[C@]12C. The lowest BCUT2D eigenvalue weighted by Gasteiger charge is -2.58. The third kappa shape index (κ3) is 3.93. The van der Waals surface area contributed by atoms with Gasteiger partial charge in [-0.1, -0.05) is 72.8 Å². The highest BCUT2D eigenvalue weighted by Gasteiger charge is 2.59. The zero-order valence-electron chi connectivity index (χ0n) is 21.4. The van der Waals surface area contributed by atoms with E-state index in [0.717, 1.165) is 48.3 Å². The Kier molecular flexibility index (Phi) is 6.68. The molecule has 4 aliphatic rings. The first-order valence-corrected chi connectivity index (χ1v) is 13.7. The van der Waals surface area contributed by atoms with Crippen LogP contribution in [0.25, 0.3) is 0 Å². The standard InChI is InChI=1S/C29H49NO/c1-7-9-20(2)10-8-11-21(3)23-13-14-24-22-12-15-26-29(5,19-17-27(31)30(26)6)25(22)16-18-28(23,24)4/h15,20-25H,7-14,16-19H2,1-6H3/t20?,21-,22+,23-,24+,25+,28-,29-/m1/s1. The van der Waals surface area contributed by atoms with Crippen molar-refractivity contribution in [2.75, 3.05) is 7.05 Å². The van der Waals surface area contributed by atoms with Crippen molar-refractivity contribution in [3.63, 3.8) is 0 Å². The minimum Gasteiger partial charge on any atom is -0.319 e. The van der Waals surface area contributed by atoms with Crippen LogP contribution in [0.3, 0.4) is 0 Å². The van der Waals surface area contributed by atoms with Crippen LogP contribution >= 0.6 is 0 Å². The summed E-state index contributed by atoms with van der Waals surface area (Å²) in [7, 11) is 2.02. The van der Waals surface area contributed by atoms with E-state index in [1.54, 1.807) is 0 Å². The number of hydrogen-bond donors (Lipinski definition) is 0. The van der Waals surface area contributed by atoms with Crippen LogP contribution in [-0.2, 0) is 4.79 Å². The van der Waals surface area contributed by atoms with Gasteiger partial charge in [0.05, 0.1) is 0 Å². The maximum Gasteiger partial charge on any atom is 0.226 e. The van der Waals surface area contributed by atoms with Crippen LogP contribution in [0.5, 0.6) is 0 Å². The van der Waals surface area contributed by atoms with Crippen molar-refractivity contribution in [2.45, 2.75) is 112 Å². The molecule has 176 valence electrons. The number of carbonyl (C=O) groups excluding carboxylic acids is 1. The van der Waals surface area contributed by atoms with Crippen LogP contribution in [0.4, 0.5) is 0 Å². The molecule has 0 aromatic rings. The molecule has 0 N–H and O–H groups in total.